The van der Waals surface area contributed by atoms with Crippen molar-refractivity contribution in [2.24, 2.45) is 0 Å². The Labute approximate surface area is 164 Å². The lowest BCUT2D eigenvalue weighted by Gasteiger charge is -2.16. The number of halogens is 2. The topological polar surface area (TPSA) is 42.0 Å². The summed E-state index contributed by atoms with van der Waals surface area (Å²) in [6.45, 7) is 1.94. The molecule has 0 saturated carbocycles. The number of hydrogen-bond donors (Lipinski definition) is 1. The van der Waals surface area contributed by atoms with E-state index in [0.717, 1.165) is 15.6 Å². The molecule has 0 radical (unpaired) electrons. The van der Waals surface area contributed by atoms with Crippen LogP contribution in [0.15, 0.2) is 58.3 Å². The van der Waals surface area contributed by atoms with E-state index in [9.17, 15) is 4.79 Å². The van der Waals surface area contributed by atoms with Crippen LogP contribution in [0.3, 0.4) is 0 Å². The van der Waals surface area contributed by atoms with Gasteiger partial charge in [0, 0.05) is 26.8 Å². The molecule has 0 bridgehead atoms. The lowest BCUT2D eigenvalue weighted by molar-refractivity contribution is -0.115. The van der Waals surface area contributed by atoms with Gasteiger partial charge >= 0.3 is 0 Å². The number of benzene rings is 2. The normalized spacial score (nSPS) is 12.0. The van der Waals surface area contributed by atoms with Crippen molar-refractivity contribution in [3.8, 4) is 0 Å². The van der Waals surface area contributed by atoms with Gasteiger partial charge in [0.1, 0.15) is 5.25 Å². The maximum atomic E-state index is 12.9. The molecule has 0 spiro atoms. The zero-order valence-corrected chi connectivity index (χ0v) is 16.3. The zero-order chi connectivity index (χ0) is 17.8. The third-order valence-electron chi connectivity index (χ3n) is 3.29. The van der Waals surface area contributed by atoms with Crippen molar-refractivity contribution in [1.82, 2.24) is 4.98 Å². The van der Waals surface area contributed by atoms with Crippen LogP contribution in [0.4, 0.5) is 5.69 Å². The molecule has 1 amide bonds. The Kier molecular flexibility index (Phi) is 6.02. The Bertz CT molecular complexity index is 864. The SMILES string of the molecule is Cc1csc(SC(C(=O)Nc2cc(Cl)cc(Cl)c2)c2ccccc2)n1. The van der Waals surface area contributed by atoms with Crippen LogP contribution in [0.5, 0.6) is 0 Å². The molecule has 0 aliphatic heterocycles. The number of hydrogen-bond acceptors (Lipinski definition) is 4. The Hall–Kier alpha value is -1.53. The number of aryl methyl sites for hydroxylation is 1. The number of carbonyl (C=O) groups is 1. The molecule has 3 nitrogen and oxygen atoms in total. The zero-order valence-electron chi connectivity index (χ0n) is 13.2. The van der Waals surface area contributed by atoms with Gasteiger partial charge in [-0.3, -0.25) is 4.79 Å². The number of nitrogens with zero attached hydrogens (tertiary/aromatic N) is 1. The third kappa shape index (κ3) is 4.98. The second-order valence-corrected chi connectivity index (χ2v) is 8.39. The van der Waals surface area contributed by atoms with Gasteiger partial charge in [-0.05, 0) is 30.7 Å². The molecular weight excluding hydrogens is 395 g/mol. The molecule has 25 heavy (non-hydrogen) atoms. The Morgan fingerprint density at radius 2 is 1.84 bits per heavy atom. The number of thiazole rings is 1. The van der Waals surface area contributed by atoms with E-state index >= 15 is 0 Å². The highest BCUT2D eigenvalue weighted by Crippen LogP contribution is 2.38. The van der Waals surface area contributed by atoms with Crippen LogP contribution in [0, 0.1) is 6.92 Å². The molecule has 0 aliphatic rings. The van der Waals surface area contributed by atoms with Crippen LogP contribution in [0.25, 0.3) is 0 Å². The first kappa shape index (κ1) is 18.3. The van der Waals surface area contributed by atoms with Crippen molar-refractivity contribution < 1.29 is 4.79 Å². The predicted molar refractivity (Wildman–Crippen MR) is 107 cm³/mol. The summed E-state index contributed by atoms with van der Waals surface area (Å²) in [6, 6.07) is 14.6. The number of anilines is 1. The van der Waals surface area contributed by atoms with Crippen molar-refractivity contribution in [3.05, 3.63) is 75.2 Å². The van der Waals surface area contributed by atoms with Crippen molar-refractivity contribution in [2.75, 3.05) is 5.32 Å². The summed E-state index contributed by atoms with van der Waals surface area (Å²) in [4.78, 5) is 17.4. The maximum Gasteiger partial charge on any atom is 0.242 e. The van der Waals surface area contributed by atoms with E-state index in [1.54, 1.807) is 18.2 Å². The summed E-state index contributed by atoms with van der Waals surface area (Å²) in [5.74, 6) is -0.151. The first-order chi connectivity index (χ1) is 12.0. The number of aromatic nitrogens is 1. The Balaban J connectivity index is 1.86. The minimum Gasteiger partial charge on any atom is -0.325 e. The number of thioether (sulfide) groups is 1. The largest absolute Gasteiger partial charge is 0.325 e. The molecule has 3 aromatic rings. The summed E-state index contributed by atoms with van der Waals surface area (Å²) in [6.07, 6.45) is 0. The minimum absolute atomic E-state index is 0.151. The molecule has 3 rings (SSSR count). The smallest absolute Gasteiger partial charge is 0.242 e. The predicted octanol–water partition coefficient (Wildman–Crippen LogP) is 6.23. The molecule has 1 N–H and O–H groups in total. The van der Waals surface area contributed by atoms with Crippen molar-refractivity contribution >= 4 is 57.9 Å². The van der Waals surface area contributed by atoms with E-state index in [1.165, 1.54) is 23.1 Å². The second-order valence-electron chi connectivity index (χ2n) is 5.31. The molecule has 0 aliphatic carbocycles. The highest BCUT2D eigenvalue weighted by atomic mass is 35.5. The van der Waals surface area contributed by atoms with Gasteiger partial charge in [0.2, 0.25) is 5.91 Å². The van der Waals surface area contributed by atoms with Gasteiger partial charge in [-0.1, -0.05) is 65.3 Å². The Morgan fingerprint density at radius 1 is 1.16 bits per heavy atom. The standard InChI is InChI=1S/C18H14Cl2N2OS2/c1-11-10-24-18(21-11)25-16(12-5-3-2-4-6-12)17(23)22-15-8-13(19)7-14(20)9-15/h2-10,16H,1H3,(H,22,23). The first-order valence-electron chi connectivity index (χ1n) is 7.42. The number of amides is 1. The van der Waals surface area contributed by atoms with E-state index in [2.05, 4.69) is 10.3 Å². The molecule has 1 aromatic heterocycles. The summed E-state index contributed by atoms with van der Waals surface area (Å²) in [7, 11) is 0. The average Bonchev–Trinajstić information content (AvgIpc) is 2.97. The van der Waals surface area contributed by atoms with E-state index < -0.39 is 5.25 Å². The molecule has 128 valence electrons. The lowest BCUT2D eigenvalue weighted by Crippen LogP contribution is -2.19. The fourth-order valence-electron chi connectivity index (χ4n) is 2.22. The van der Waals surface area contributed by atoms with Crippen molar-refractivity contribution in [1.29, 1.82) is 0 Å². The summed E-state index contributed by atoms with van der Waals surface area (Å²) < 4.78 is 0.852. The van der Waals surface area contributed by atoms with E-state index in [-0.39, 0.29) is 5.91 Å². The molecule has 1 atom stereocenters. The van der Waals surface area contributed by atoms with E-state index in [0.29, 0.717) is 15.7 Å². The lowest BCUT2D eigenvalue weighted by atomic mass is 10.1. The second kappa shape index (κ2) is 8.23. The summed E-state index contributed by atoms with van der Waals surface area (Å²) in [5.41, 5.74) is 2.42. The molecule has 0 saturated heterocycles. The highest BCUT2D eigenvalue weighted by Gasteiger charge is 2.23. The monoisotopic (exact) mass is 408 g/mol. The third-order valence-corrected chi connectivity index (χ3v) is 6.07. The van der Waals surface area contributed by atoms with Gasteiger partial charge in [0.25, 0.3) is 0 Å². The van der Waals surface area contributed by atoms with E-state index in [4.69, 9.17) is 23.2 Å². The highest BCUT2D eigenvalue weighted by molar-refractivity contribution is 8.01. The van der Waals surface area contributed by atoms with Crippen LogP contribution in [0.2, 0.25) is 10.0 Å². The van der Waals surface area contributed by atoms with Gasteiger partial charge in [-0.2, -0.15) is 0 Å². The number of rotatable bonds is 5. The number of carbonyl (C=O) groups excluding carboxylic acids is 1. The molecule has 1 heterocycles. The van der Waals surface area contributed by atoms with Crippen LogP contribution in [-0.2, 0) is 4.79 Å². The average molecular weight is 409 g/mol. The van der Waals surface area contributed by atoms with Crippen LogP contribution in [-0.4, -0.2) is 10.9 Å². The van der Waals surface area contributed by atoms with Crippen LogP contribution < -0.4 is 5.32 Å². The van der Waals surface area contributed by atoms with Gasteiger partial charge < -0.3 is 5.32 Å². The molecule has 0 fully saturated rings. The fourth-order valence-corrected chi connectivity index (χ4v) is 4.78. The number of nitrogens with one attached hydrogen (secondary N) is 1. The van der Waals surface area contributed by atoms with Gasteiger partial charge in [-0.15, -0.1) is 11.3 Å². The summed E-state index contributed by atoms with van der Waals surface area (Å²) in [5, 5.41) is 5.39. The summed E-state index contributed by atoms with van der Waals surface area (Å²) >= 11 is 15.0. The first-order valence-corrected chi connectivity index (χ1v) is 9.93. The molecule has 1 unspecified atom stereocenters. The fraction of sp³-hybridized carbons (Fsp3) is 0.111. The van der Waals surface area contributed by atoms with Gasteiger partial charge in [0.05, 0.1) is 0 Å². The van der Waals surface area contributed by atoms with Gasteiger partial charge in [-0.25, -0.2) is 4.98 Å². The van der Waals surface area contributed by atoms with Crippen molar-refractivity contribution in [3.63, 3.8) is 0 Å². The minimum atomic E-state index is -0.426. The van der Waals surface area contributed by atoms with E-state index in [1.807, 2.05) is 42.6 Å². The van der Waals surface area contributed by atoms with Crippen LogP contribution >= 0.6 is 46.3 Å². The Morgan fingerprint density at radius 3 is 2.44 bits per heavy atom. The van der Waals surface area contributed by atoms with Gasteiger partial charge in [0.15, 0.2) is 4.34 Å². The van der Waals surface area contributed by atoms with Crippen LogP contribution in [0.1, 0.15) is 16.5 Å². The van der Waals surface area contributed by atoms with Crippen molar-refractivity contribution in [2.45, 2.75) is 16.5 Å². The molecule has 2 aromatic carbocycles. The quantitative estimate of drug-likeness (QED) is 0.508. The molecule has 7 heteroatoms. The maximum absolute atomic E-state index is 12.9. The molecular formula is C18H14Cl2N2OS2.